The summed E-state index contributed by atoms with van der Waals surface area (Å²) in [5.41, 5.74) is 0.307. The van der Waals surface area contributed by atoms with Gasteiger partial charge in [-0.2, -0.15) is 0 Å². The van der Waals surface area contributed by atoms with Gasteiger partial charge in [-0.15, -0.1) is 0 Å². The van der Waals surface area contributed by atoms with Crippen LogP contribution in [0.3, 0.4) is 0 Å². The van der Waals surface area contributed by atoms with E-state index in [1.165, 1.54) is 19.3 Å². The average molecular weight is 240 g/mol. The summed E-state index contributed by atoms with van der Waals surface area (Å²) in [5.74, 6) is 0. The van der Waals surface area contributed by atoms with Crippen molar-refractivity contribution in [1.82, 2.24) is 9.80 Å². The molecule has 2 heterocycles. The number of amides is 1. The Morgan fingerprint density at radius 1 is 1.29 bits per heavy atom. The lowest BCUT2D eigenvalue weighted by Crippen LogP contribution is -2.57. The molecular formula is C12H20N2O3. The summed E-state index contributed by atoms with van der Waals surface area (Å²) in [6, 6.07) is 0.662. The maximum absolute atomic E-state index is 10.8. The number of likely N-dealkylation sites (tertiary alicyclic amines) is 1. The molecular weight excluding hydrogens is 220 g/mol. The molecule has 0 bridgehead atoms. The van der Waals surface area contributed by atoms with E-state index in [2.05, 4.69) is 4.90 Å². The average Bonchev–Trinajstić information content (AvgIpc) is 2.73. The third-order valence-electron chi connectivity index (χ3n) is 4.56. The summed E-state index contributed by atoms with van der Waals surface area (Å²) in [6.45, 7) is 5.30. The summed E-state index contributed by atoms with van der Waals surface area (Å²) >= 11 is 0. The van der Waals surface area contributed by atoms with Gasteiger partial charge < -0.3 is 14.7 Å². The van der Waals surface area contributed by atoms with Gasteiger partial charge in [-0.25, -0.2) is 4.79 Å². The van der Waals surface area contributed by atoms with E-state index in [1.54, 1.807) is 4.90 Å². The molecule has 5 heteroatoms. The van der Waals surface area contributed by atoms with E-state index in [-0.39, 0.29) is 0 Å². The van der Waals surface area contributed by atoms with Gasteiger partial charge in [0.25, 0.3) is 0 Å². The Hall–Kier alpha value is -0.810. The number of carboxylic acid groups (broad SMARTS) is 1. The van der Waals surface area contributed by atoms with Gasteiger partial charge in [0.15, 0.2) is 0 Å². The fourth-order valence-corrected chi connectivity index (χ4v) is 3.62. The van der Waals surface area contributed by atoms with E-state index in [0.29, 0.717) is 11.5 Å². The molecule has 17 heavy (non-hydrogen) atoms. The van der Waals surface area contributed by atoms with Crippen molar-refractivity contribution < 1.29 is 14.6 Å². The minimum atomic E-state index is -0.759. The van der Waals surface area contributed by atoms with Crippen LogP contribution >= 0.6 is 0 Å². The minimum Gasteiger partial charge on any atom is -0.465 e. The number of nitrogens with zero attached hydrogens (tertiary/aromatic N) is 2. The fraction of sp³-hybridized carbons (Fsp3) is 0.917. The highest BCUT2D eigenvalue weighted by Gasteiger charge is 2.50. The molecule has 1 amide bonds. The van der Waals surface area contributed by atoms with E-state index >= 15 is 0 Å². The first kappa shape index (κ1) is 11.3. The van der Waals surface area contributed by atoms with Crippen LogP contribution in [0, 0.1) is 5.41 Å². The molecule has 0 aromatic carbocycles. The highest BCUT2D eigenvalue weighted by Crippen LogP contribution is 2.47. The molecule has 3 rings (SSSR count). The smallest absolute Gasteiger partial charge is 0.407 e. The largest absolute Gasteiger partial charge is 0.465 e. The quantitative estimate of drug-likeness (QED) is 0.738. The zero-order valence-corrected chi connectivity index (χ0v) is 10.1. The first-order valence-corrected chi connectivity index (χ1v) is 6.48. The summed E-state index contributed by atoms with van der Waals surface area (Å²) in [5, 5.41) is 8.89. The van der Waals surface area contributed by atoms with Crippen molar-refractivity contribution in [3.63, 3.8) is 0 Å². The lowest BCUT2D eigenvalue weighted by molar-refractivity contribution is -0.00632. The van der Waals surface area contributed by atoms with E-state index in [0.717, 1.165) is 39.4 Å². The van der Waals surface area contributed by atoms with Gasteiger partial charge in [0.2, 0.25) is 0 Å². The van der Waals surface area contributed by atoms with Crippen LogP contribution in [0.4, 0.5) is 4.79 Å². The predicted molar refractivity (Wildman–Crippen MR) is 62.1 cm³/mol. The Labute approximate surface area is 101 Å². The molecule has 1 aliphatic carbocycles. The third kappa shape index (κ3) is 2.02. The Kier molecular flexibility index (Phi) is 2.75. The van der Waals surface area contributed by atoms with Crippen molar-refractivity contribution in [1.29, 1.82) is 0 Å². The summed E-state index contributed by atoms with van der Waals surface area (Å²) in [4.78, 5) is 14.9. The predicted octanol–water partition coefficient (Wildman–Crippen LogP) is 0.851. The first-order valence-electron chi connectivity index (χ1n) is 6.48. The van der Waals surface area contributed by atoms with Crippen LogP contribution in [0.2, 0.25) is 0 Å². The lowest BCUT2D eigenvalue weighted by Gasteiger charge is -2.47. The van der Waals surface area contributed by atoms with E-state index in [4.69, 9.17) is 9.84 Å². The monoisotopic (exact) mass is 240 g/mol. The molecule has 1 atom stereocenters. The Morgan fingerprint density at radius 3 is 2.65 bits per heavy atom. The van der Waals surface area contributed by atoms with Crippen LogP contribution < -0.4 is 0 Å². The Balaban J connectivity index is 1.54. The zero-order chi connectivity index (χ0) is 11.9. The molecule has 96 valence electrons. The molecule has 3 fully saturated rings. The molecule has 2 aliphatic heterocycles. The first-order chi connectivity index (χ1) is 8.19. The second-order valence-corrected chi connectivity index (χ2v) is 5.68. The van der Waals surface area contributed by atoms with Gasteiger partial charge in [-0.3, -0.25) is 4.90 Å². The summed E-state index contributed by atoms with van der Waals surface area (Å²) in [6.07, 6.45) is 2.84. The SMILES string of the molecule is O=C(O)N1CC2(CCC(N3CCOCC3)C2)C1. The maximum atomic E-state index is 10.8. The highest BCUT2D eigenvalue weighted by molar-refractivity contribution is 5.66. The second-order valence-electron chi connectivity index (χ2n) is 5.68. The van der Waals surface area contributed by atoms with Crippen molar-refractivity contribution in [2.24, 2.45) is 5.41 Å². The molecule has 1 spiro atoms. The number of rotatable bonds is 1. The number of ether oxygens (including phenoxy) is 1. The summed E-state index contributed by atoms with van der Waals surface area (Å²) in [7, 11) is 0. The lowest BCUT2D eigenvalue weighted by atomic mass is 9.78. The molecule has 0 aromatic rings. The molecule has 1 saturated carbocycles. The van der Waals surface area contributed by atoms with E-state index < -0.39 is 6.09 Å². The number of hydrogen-bond acceptors (Lipinski definition) is 3. The maximum Gasteiger partial charge on any atom is 0.407 e. The Bertz CT molecular complexity index is 309. The van der Waals surface area contributed by atoms with E-state index in [1.807, 2.05) is 0 Å². The van der Waals surface area contributed by atoms with Crippen LogP contribution in [0.15, 0.2) is 0 Å². The third-order valence-corrected chi connectivity index (χ3v) is 4.56. The van der Waals surface area contributed by atoms with Crippen LogP contribution in [0.25, 0.3) is 0 Å². The van der Waals surface area contributed by atoms with Crippen molar-refractivity contribution in [3.8, 4) is 0 Å². The van der Waals surface area contributed by atoms with Crippen molar-refractivity contribution in [3.05, 3.63) is 0 Å². The van der Waals surface area contributed by atoms with Gasteiger partial charge >= 0.3 is 6.09 Å². The highest BCUT2D eigenvalue weighted by atomic mass is 16.5. The van der Waals surface area contributed by atoms with Crippen molar-refractivity contribution in [2.75, 3.05) is 39.4 Å². The molecule has 0 radical (unpaired) electrons. The van der Waals surface area contributed by atoms with Crippen LogP contribution in [0.1, 0.15) is 19.3 Å². The standard InChI is InChI=1S/C12H20N2O3/c15-11(16)14-8-12(9-14)2-1-10(7-12)13-3-5-17-6-4-13/h10H,1-9H2,(H,15,16). The van der Waals surface area contributed by atoms with Crippen molar-refractivity contribution >= 4 is 6.09 Å². The molecule has 1 unspecified atom stereocenters. The van der Waals surface area contributed by atoms with Gasteiger partial charge in [-0.1, -0.05) is 0 Å². The van der Waals surface area contributed by atoms with Crippen LogP contribution in [-0.4, -0.2) is 66.4 Å². The Morgan fingerprint density at radius 2 is 2.00 bits per heavy atom. The molecule has 3 aliphatic rings. The van der Waals surface area contributed by atoms with Gasteiger partial charge in [0.1, 0.15) is 0 Å². The van der Waals surface area contributed by atoms with Gasteiger partial charge in [0, 0.05) is 37.6 Å². The number of morpholine rings is 1. The number of carbonyl (C=O) groups is 1. The van der Waals surface area contributed by atoms with Gasteiger partial charge in [0.05, 0.1) is 13.2 Å². The number of hydrogen-bond donors (Lipinski definition) is 1. The van der Waals surface area contributed by atoms with Crippen molar-refractivity contribution in [2.45, 2.75) is 25.3 Å². The zero-order valence-electron chi connectivity index (χ0n) is 10.1. The summed E-state index contributed by atoms with van der Waals surface area (Å²) < 4.78 is 5.37. The second kappa shape index (κ2) is 4.14. The molecule has 0 aromatic heterocycles. The minimum absolute atomic E-state index is 0.307. The molecule has 2 saturated heterocycles. The topological polar surface area (TPSA) is 53.0 Å². The fourth-order valence-electron chi connectivity index (χ4n) is 3.62. The van der Waals surface area contributed by atoms with E-state index in [9.17, 15) is 4.79 Å². The van der Waals surface area contributed by atoms with Crippen LogP contribution in [-0.2, 0) is 4.74 Å². The normalized spacial score (nSPS) is 32.7. The molecule has 5 nitrogen and oxygen atoms in total. The molecule has 1 N–H and O–H groups in total. The van der Waals surface area contributed by atoms with Crippen LogP contribution in [0.5, 0.6) is 0 Å². The van der Waals surface area contributed by atoms with Gasteiger partial charge in [-0.05, 0) is 19.3 Å².